The Balaban J connectivity index is 1.26. The standard InChI is InChI=1S/C23H25N5O4/c1-15-7-10-24-20(13-15)26-22(29)17-8-11-28(12-9-17)23(30)18-3-5-19(6-4-18)31-14-21-25-16(2)32-27-21/h3-7,10,13,17H,8-9,11-12,14H2,1-2H3,(H,24,26,29). The second-order valence-electron chi connectivity index (χ2n) is 7.82. The third-order valence-electron chi connectivity index (χ3n) is 5.36. The highest BCUT2D eigenvalue weighted by Gasteiger charge is 2.28. The summed E-state index contributed by atoms with van der Waals surface area (Å²) in [5, 5.41) is 6.66. The largest absolute Gasteiger partial charge is 0.485 e. The van der Waals surface area contributed by atoms with Gasteiger partial charge in [0.25, 0.3) is 5.91 Å². The topological polar surface area (TPSA) is 110 Å². The number of aryl methyl sites for hydroxylation is 2. The molecule has 0 atom stereocenters. The molecule has 1 N–H and O–H groups in total. The zero-order valence-corrected chi connectivity index (χ0v) is 18.1. The Labute approximate surface area is 185 Å². The number of nitrogens with zero attached hydrogens (tertiary/aromatic N) is 4. The van der Waals surface area contributed by atoms with Crippen molar-refractivity contribution in [3.8, 4) is 5.75 Å². The van der Waals surface area contributed by atoms with E-state index < -0.39 is 0 Å². The van der Waals surface area contributed by atoms with Crippen LogP contribution in [-0.2, 0) is 11.4 Å². The summed E-state index contributed by atoms with van der Waals surface area (Å²) in [7, 11) is 0. The molecule has 1 fully saturated rings. The highest BCUT2D eigenvalue weighted by Crippen LogP contribution is 2.22. The summed E-state index contributed by atoms with van der Waals surface area (Å²) < 4.78 is 10.5. The molecule has 1 aliphatic heterocycles. The molecule has 0 bridgehead atoms. The van der Waals surface area contributed by atoms with Crippen molar-refractivity contribution in [3.63, 3.8) is 0 Å². The molecule has 9 nitrogen and oxygen atoms in total. The highest BCUT2D eigenvalue weighted by molar-refractivity contribution is 5.95. The second-order valence-corrected chi connectivity index (χ2v) is 7.82. The first-order valence-corrected chi connectivity index (χ1v) is 10.5. The van der Waals surface area contributed by atoms with Crippen LogP contribution in [0.5, 0.6) is 5.75 Å². The molecule has 2 aromatic heterocycles. The van der Waals surface area contributed by atoms with E-state index in [1.807, 2.05) is 19.1 Å². The van der Waals surface area contributed by atoms with E-state index in [-0.39, 0.29) is 24.3 Å². The number of rotatable bonds is 6. The van der Waals surface area contributed by atoms with Gasteiger partial charge in [-0.3, -0.25) is 9.59 Å². The van der Waals surface area contributed by atoms with Gasteiger partial charge in [0, 0.05) is 37.7 Å². The van der Waals surface area contributed by atoms with E-state index in [9.17, 15) is 9.59 Å². The fourth-order valence-corrected chi connectivity index (χ4v) is 3.60. The Morgan fingerprint density at radius 3 is 2.56 bits per heavy atom. The number of benzene rings is 1. The lowest BCUT2D eigenvalue weighted by atomic mass is 9.95. The van der Waals surface area contributed by atoms with Crippen molar-refractivity contribution < 1.29 is 18.8 Å². The molecule has 0 spiro atoms. The van der Waals surface area contributed by atoms with Crippen molar-refractivity contribution in [1.82, 2.24) is 20.0 Å². The Morgan fingerprint density at radius 2 is 1.91 bits per heavy atom. The Morgan fingerprint density at radius 1 is 1.16 bits per heavy atom. The maximum absolute atomic E-state index is 12.8. The SMILES string of the molecule is Cc1ccnc(NC(=O)C2CCN(C(=O)c3ccc(OCc4noc(C)n4)cc3)CC2)c1. The smallest absolute Gasteiger partial charge is 0.253 e. The summed E-state index contributed by atoms with van der Waals surface area (Å²) in [6.45, 7) is 4.93. The average Bonchev–Trinajstić information content (AvgIpc) is 3.23. The van der Waals surface area contributed by atoms with Crippen LogP contribution in [0.2, 0.25) is 0 Å². The van der Waals surface area contributed by atoms with Crippen LogP contribution in [0.15, 0.2) is 47.1 Å². The van der Waals surface area contributed by atoms with Crippen LogP contribution < -0.4 is 10.1 Å². The van der Waals surface area contributed by atoms with Crippen LogP contribution in [0.25, 0.3) is 0 Å². The van der Waals surface area contributed by atoms with Gasteiger partial charge in [-0.15, -0.1) is 0 Å². The number of ether oxygens (including phenoxy) is 1. The molecule has 0 aliphatic carbocycles. The van der Waals surface area contributed by atoms with E-state index in [0.717, 1.165) is 5.56 Å². The van der Waals surface area contributed by atoms with E-state index in [0.29, 0.717) is 54.8 Å². The quantitative estimate of drug-likeness (QED) is 0.633. The number of aromatic nitrogens is 3. The summed E-state index contributed by atoms with van der Waals surface area (Å²) in [6.07, 6.45) is 2.91. The van der Waals surface area contributed by atoms with Crippen molar-refractivity contribution in [2.75, 3.05) is 18.4 Å². The molecule has 0 saturated carbocycles. The third-order valence-corrected chi connectivity index (χ3v) is 5.36. The fraction of sp³-hybridized carbons (Fsp3) is 0.348. The Bertz CT molecular complexity index is 1090. The molecule has 4 rings (SSSR count). The normalized spacial score (nSPS) is 14.2. The molecule has 9 heteroatoms. The lowest BCUT2D eigenvalue weighted by Crippen LogP contribution is -2.41. The summed E-state index contributed by atoms with van der Waals surface area (Å²) >= 11 is 0. The van der Waals surface area contributed by atoms with Gasteiger partial charge in [-0.2, -0.15) is 4.98 Å². The molecule has 0 unspecified atom stereocenters. The van der Waals surface area contributed by atoms with Gasteiger partial charge in [0.15, 0.2) is 6.61 Å². The molecular formula is C23H25N5O4. The minimum atomic E-state index is -0.133. The fourth-order valence-electron chi connectivity index (χ4n) is 3.60. The van der Waals surface area contributed by atoms with Crippen molar-refractivity contribution in [2.24, 2.45) is 5.92 Å². The molecular weight excluding hydrogens is 410 g/mol. The van der Waals surface area contributed by atoms with E-state index in [1.54, 1.807) is 42.3 Å². The van der Waals surface area contributed by atoms with E-state index in [1.165, 1.54) is 0 Å². The molecule has 1 aliphatic rings. The van der Waals surface area contributed by atoms with Gasteiger partial charge in [-0.05, 0) is 61.7 Å². The van der Waals surface area contributed by atoms with Crippen molar-refractivity contribution >= 4 is 17.6 Å². The lowest BCUT2D eigenvalue weighted by Gasteiger charge is -2.31. The number of carbonyl (C=O) groups excluding carboxylic acids is 2. The number of amides is 2. The first kappa shape index (κ1) is 21.5. The summed E-state index contributed by atoms with van der Waals surface area (Å²) in [5.41, 5.74) is 1.62. The van der Waals surface area contributed by atoms with Crippen molar-refractivity contribution in [2.45, 2.75) is 33.3 Å². The predicted molar refractivity (Wildman–Crippen MR) is 116 cm³/mol. The molecule has 0 radical (unpaired) electrons. The van der Waals surface area contributed by atoms with E-state index >= 15 is 0 Å². The van der Waals surface area contributed by atoms with Crippen molar-refractivity contribution in [3.05, 3.63) is 65.4 Å². The van der Waals surface area contributed by atoms with Gasteiger partial charge >= 0.3 is 0 Å². The minimum Gasteiger partial charge on any atom is -0.485 e. The van der Waals surface area contributed by atoms with Crippen LogP contribution >= 0.6 is 0 Å². The summed E-state index contributed by atoms with van der Waals surface area (Å²) in [6, 6.07) is 10.7. The number of nitrogens with one attached hydrogen (secondary N) is 1. The summed E-state index contributed by atoms with van der Waals surface area (Å²) in [4.78, 5) is 35.4. The van der Waals surface area contributed by atoms with E-state index in [4.69, 9.17) is 9.26 Å². The number of hydrogen-bond donors (Lipinski definition) is 1. The third kappa shape index (κ3) is 5.29. The number of piperidine rings is 1. The van der Waals surface area contributed by atoms with Gasteiger partial charge in [-0.25, -0.2) is 4.98 Å². The van der Waals surface area contributed by atoms with Gasteiger partial charge < -0.3 is 19.5 Å². The molecule has 166 valence electrons. The second kappa shape index (κ2) is 9.59. The first-order valence-electron chi connectivity index (χ1n) is 10.5. The van der Waals surface area contributed by atoms with Gasteiger partial charge in [0.2, 0.25) is 17.6 Å². The first-order chi connectivity index (χ1) is 15.5. The zero-order chi connectivity index (χ0) is 22.5. The van der Waals surface area contributed by atoms with Gasteiger partial charge in [0.1, 0.15) is 11.6 Å². The van der Waals surface area contributed by atoms with Crippen LogP contribution in [0.1, 0.15) is 40.5 Å². The molecule has 3 aromatic rings. The number of carbonyl (C=O) groups is 2. The van der Waals surface area contributed by atoms with Crippen LogP contribution in [-0.4, -0.2) is 44.9 Å². The lowest BCUT2D eigenvalue weighted by molar-refractivity contribution is -0.121. The minimum absolute atomic E-state index is 0.0477. The van der Waals surface area contributed by atoms with E-state index in [2.05, 4.69) is 20.4 Å². The highest BCUT2D eigenvalue weighted by atomic mass is 16.5. The molecule has 32 heavy (non-hydrogen) atoms. The molecule has 2 amide bonds. The molecule has 1 aromatic carbocycles. The Kier molecular flexibility index (Phi) is 6.44. The van der Waals surface area contributed by atoms with Crippen LogP contribution in [0, 0.1) is 19.8 Å². The van der Waals surface area contributed by atoms with Crippen molar-refractivity contribution in [1.29, 1.82) is 0 Å². The number of hydrogen-bond acceptors (Lipinski definition) is 7. The molecule has 3 heterocycles. The summed E-state index contributed by atoms with van der Waals surface area (Å²) in [5.74, 6) is 1.89. The maximum Gasteiger partial charge on any atom is 0.253 e. The van der Waals surface area contributed by atoms with Gasteiger partial charge in [-0.1, -0.05) is 5.16 Å². The monoisotopic (exact) mass is 435 g/mol. The zero-order valence-electron chi connectivity index (χ0n) is 18.1. The maximum atomic E-state index is 12.8. The number of pyridine rings is 1. The van der Waals surface area contributed by atoms with Crippen LogP contribution in [0.4, 0.5) is 5.82 Å². The number of anilines is 1. The van der Waals surface area contributed by atoms with Gasteiger partial charge in [0.05, 0.1) is 0 Å². The average molecular weight is 435 g/mol. The van der Waals surface area contributed by atoms with Crippen LogP contribution in [0.3, 0.4) is 0 Å². The number of likely N-dealkylation sites (tertiary alicyclic amines) is 1. The predicted octanol–water partition coefficient (Wildman–Crippen LogP) is 3.15. The Hall–Kier alpha value is -3.75. The molecule has 1 saturated heterocycles.